The van der Waals surface area contributed by atoms with E-state index in [1.807, 2.05) is 17.5 Å². The first-order valence-corrected chi connectivity index (χ1v) is 10.1. The molecule has 0 saturated carbocycles. The van der Waals surface area contributed by atoms with Crippen molar-refractivity contribution < 1.29 is 19.1 Å². The number of hydrogen-bond acceptors (Lipinski definition) is 5. The number of hydrogen-bond donors (Lipinski definition) is 1. The van der Waals surface area contributed by atoms with E-state index in [9.17, 15) is 9.59 Å². The smallest absolute Gasteiger partial charge is 0.270 e. The van der Waals surface area contributed by atoms with E-state index in [0.717, 1.165) is 24.1 Å². The first-order chi connectivity index (χ1) is 13.6. The lowest BCUT2D eigenvalue weighted by molar-refractivity contribution is -0.128. The molecule has 0 radical (unpaired) electrons. The highest BCUT2D eigenvalue weighted by molar-refractivity contribution is 7.10. The van der Waals surface area contributed by atoms with Crippen molar-refractivity contribution >= 4 is 29.2 Å². The van der Waals surface area contributed by atoms with Crippen molar-refractivity contribution in [1.82, 2.24) is 10.2 Å². The molecule has 2 aromatic rings. The fraction of sp³-hybridized carbons (Fsp3) is 0.333. The summed E-state index contributed by atoms with van der Waals surface area (Å²) in [7, 11) is 3.05. The van der Waals surface area contributed by atoms with Crippen LogP contribution in [0.1, 0.15) is 34.5 Å². The average Bonchev–Trinajstić information content (AvgIpc) is 3.25. The van der Waals surface area contributed by atoms with Gasteiger partial charge in [0.2, 0.25) is 0 Å². The van der Waals surface area contributed by atoms with E-state index in [4.69, 9.17) is 9.47 Å². The lowest BCUT2D eigenvalue weighted by Gasteiger charge is -2.27. The third-order valence-electron chi connectivity index (χ3n) is 4.60. The number of piperidine rings is 1. The average molecular weight is 401 g/mol. The largest absolute Gasteiger partial charge is 0.493 e. The summed E-state index contributed by atoms with van der Waals surface area (Å²) in [4.78, 5) is 28.6. The van der Waals surface area contributed by atoms with Crippen LogP contribution in [0.4, 0.5) is 0 Å². The molecule has 0 atom stereocenters. The third kappa shape index (κ3) is 4.72. The molecule has 0 unspecified atom stereocenters. The molecule has 0 spiro atoms. The SMILES string of the molecule is COc1ccc(C(=O)NC(=Cc2cccs2)C(=O)N2CCCCC2)cc1OC. The van der Waals surface area contributed by atoms with Crippen molar-refractivity contribution in [1.29, 1.82) is 0 Å². The zero-order chi connectivity index (χ0) is 19.9. The molecule has 148 valence electrons. The van der Waals surface area contributed by atoms with Gasteiger partial charge in [0.25, 0.3) is 11.8 Å². The molecule has 1 aromatic heterocycles. The Hall–Kier alpha value is -2.80. The molecule has 1 aliphatic rings. The summed E-state index contributed by atoms with van der Waals surface area (Å²) in [6.45, 7) is 1.43. The van der Waals surface area contributed by atoms with Crippen LogP contribution in [0.2, 0.25) is 0 Å². The van der Waals surface area contributed by atoms with Crippen LogP contribution >= 0.6 is 11.3 Å². The fourth-order valence-corrected chi connectivity index (χ4v) is 3.76. The first kappa shape index (κ1) is 19.9. The molecule has 1 aliphatic heterocycles. The second-order valence-electron chi connectivity index (χ2n) is 6.45. The topological polar surface area (TPSA) is 67.9 Å². The number of nitrogens with zero attached hydrogens (tertiary/aromatic N) is 1. The number of thiophene rings is 1. The molecule has 2 heterocycles. The predicted molar refractivity (Wildman–Crippen MR) is 110 cm³/mol. The number of likely N-dealkylation sites (tertiary alicyclic amines) is 1. The Morgan fingerprint density at radius 3 is 2.46 bits per heavy atom. The van der Waals surface area contributed by atoms with Crippen LogP contribution < -0.4 is 14.8 Å². The number of benzene rings is 1. The molecular weight excluding hydrogens is 376 g/mol. The van der Waals surface area contributed by atoms with Gasteiger partial charge in [0.05, 0.1) is 14.2 Å². The summed E-state index contributed by atoms with van der Waals surface area (Å²) in [5, 5.41) is 4.73. The summed E-state index contributed by atoms with van der Waals surface area (Å²) < 4.78 is 10.5. The van der Waals surface area contributed by atoms with Crippen molar-refractivity contribution in [3.05, 3.63) is 51.8 Å². The number of methoxy groups -OCH3 is 2. The minimum absolute atomic E-state index is 0.151. The van der Waals surface area contributed by atoms with Gasteiger partial charge in [-0.25, -0.2) is 0 Å². The molecule has 1 saturated heterocycles. The second kappa shape index (κ2) is 9.41. The lowest BCUT2D eigenvalue weighted by atomic mass is 10.1. The van der Waals surface area contributed by atoms with Crippen molar-refractivity contribution in [2.24, 2.45) is 0 Å². The molecular formula is C21H24N2O4S. The highest BCUT2D eigenvalue weighted by atomic mass is 32.1. The number of carbonyl (C=O) groups excluding carboxylic acids is 2. The van der Waals surface area contributed by atoms with Gasteiger partial charge in [-0.1, -0.05) is 6.07 Å². The van der Waals surface area contributed by atoms with Gasteiger partial charge in [-0.15, -0.1) is 11.3 Å². The Morgan fingerprint density at radius 1 is 1.07 bits per heavy atom. The molecule has 1 N–H and O–H groups in total. The summed E-state index contributed by atoms with van der Waals surface area (Å²) in [6.07, 6.45) is 4.84. The van der Waals surface area contributed by atoms with Crippen molar-refractivity contribution in [2.75, 3.05) is 27.3 Å². The minimum atomic E-state index is -0.367. The summed E-state index contributed by atoms with van der Waals surface area (Å²) in [6, 6.07) is 8.74. The molecule has 7 heteroatoms. The molecule has 0 aliphatic carbocycles. The molecule has 1 fully saturated rings. The number of carbonyl (C=O) groups is 2. The Labute approximate surface area is 168 Å². The Balaban J connectivity index is 1.84. The van der Waals surface area contributed by atoms with E-state index in [0.29, 0.717) is 30.2 Å². The minimum Gasteiger partial charge on any atom is -0.493 e. The van der Waals surface area contributed by atoms with Crippen molar-refractivity contribution in [2.45, 2.75) is 19.3 Å². The van der Waals surface area contributed by atoms with E-state index < -0.39 is 0 Å². The highest BCUT2D eigenvalue weighted by Gasteiger charge is 2.23. The maximum atomic E-state index is 13.0. The van der Waals surface area contributed by atoms with E-state index in [1.54, 1.807) is 29.2 Å². The van der Waals surface area contributed by atoms with Crippen LogP contribution in [0.5, 0.6) is 11.5 Å². The van der Waals surface area contributed by atoms with Crippen LogP contribution in [-0.4, -0.2) is 44.0 Å². The quantitative estimate of drug-likeness (QED) is 0.753. The van der Waals surface area contributed by atoms with Gasteiger partial charge in [0.1, 0.15) is 5.70 Å². The maximum absolute atomic E-state index is 13.0. The predicted octanol–water partition coefficient (Wildman–Crippen LogP) is 3.55. The van der Waals surface area contributed by atoms with Crippen molar-refractivity contribution in [3.63, 3.8) is 0 Å². The van der Waals surface area contributed by atoms with E-state index in [-0.39, 0.29) is 17.5 Å². The molecule has 0 bridgehead atoms. The van der Waals surface area contributed by atoms with E-state index in [1.165, 1.54) is 25.6 Å². The van der Waals surface area contributed by atoms with E-state index in [2.05, 4.69) is 5.32 Å². The maximum Gasteiger partial charge on any atom is 0.270 e. The van der Waals surface area contributed by atoms with Gasteiger partial charge in [0.15, 0.2) is 11.5 Å². The van der Waals surface area contributed by atoms with Crippen LogP contribution in [0.25, 0.3) is 6.08 Å². The van der Waals surface area contributed by atoms with Gasteiger partial charge >= 0.3 is 0 Å². The van der Waals surface area contributed by atoms with Crippen LogP contribution in [0.3, 0.4) is 0 Å². The zero-order valence-corrected chi connectivity index (χ0v) is 16.9. The number of amides is 2. The van der Waals surface area contributed by atoms with E-state index >= 15 is 0 Å². The highest BCUT2D eigenvalue weighted by Crippen LogP contribution is 2.27. The normalized spacial score (nSPS) is 14.5. The Kier molecular flexibility index (Phi) is 6.71. The van der Waals surface area contributed by atoms with Gasteiger partial charge in [-0.3, -0.25) is 9.59 Å². The monoisotopic (exact) mass is 400 g/mol. The number of ether oxygens (including phenoxy) is 2. The van der Waals surface area contributed by atoms with Gasteiger partial charge < -0.3 is 19.7 Å². The standard InChI is InChI=1S/C21H24N2O4S/c1-26-18-9-8-15(13-19(18)27-2)20(24)22-17(14-16-7-6-12-28-16)21(25)23-10-4-3-5-11-23/h6-9,12-14H,3-5,10-11H2,1-2H3,(H,22,24). The first-order valence-electron chi connectivity index (χ1n) is 9.20. The molecule has 1 aromatic carbocycles. The lowest BCUT2D eigenvalue weighted by Crippen LogP contribution is -2.41. The fourth-order valence-electron chi connectivity index (χ4n) is 3.11. The molecule has 2 amide bonds. The molecule has 3 rings (SSSR count). The zero-order valence-electron chi connectivity index (χ0n) is 16.1. The Morgan fingerprint density at radius 2 is 1.82 bits per heavy atom. The summed E-state index contributed by atoms with van der Waals surface area (Å²) >= 11 is 1.51. The number of nitrogens with one attached hydrogen (secondary N) is 1. The van der Waals surface area contributed by atoms with Gasteiger partial charge in [-0.05, 0) is 55.0 Å². The molecule has 28 heavy (non-hydrogen) atoms. The summed E-state index contributed by atoms with van der Waals surface area (Å²) in [5.41, 5.74) is 0.672. The van der Waals surface area contributed by atoms with Crippen molar-refractivity contribution in [3.8, 4) is 11.5 Å². The van der Waals surface area contributed by atoms with Crippen LogP contribution in [-0.2, 0) is 4.79 Å². The van der Waals surface area contributed by atoms with Gasteiger partial charge in [-0.2, -0.15) is 0 Å². The van der Waals surface area contributed by atoms with Gasteiger partial charge in [0, 0.05) is 23.5 Å². The number of rotatable bonds is 6. The third-order valence-corrected chi connectivity index (χ3v) is 5.42. The second-order valence-corrected chi connectivity index (χ2v) is 7.43. The van der Waals surface area contributed by atoms with Crippen LogP contribution in [0, 0.1) is 0 Å². The Bertz CT molecular complexity index is 855. The van der Waals surface area contributed by atoms with Crippen LogP contribution in [0.15, 0.2) is 41.4 Å². The summed E-state index contributed by atoms with van der Waals surface area (Å²) in [5.74, 6) is 0.482. The molecule has 6 nitrogen and oxygen atoms in total.